The lowest BCUT2D eigenvalue weighted by atomic mass is 10.8. The van der Waals surface area contributed by atoms with Gasteiger partial charge in [0.1, 0.15) is 0 Å². The Morgan fingerprint density at radius 2 is 2.00 bits per heavy atom. The minimum absolute atomic E-state index is 0.433. The molecule has 2 nitrogen and oxygen atoms in total. The van der Waals surface area contributed by atoms with Crippen LogP contribution in [-0.4, -0.2) is 17.2 Å². The highest BCUT2D eigenvalue weighted by Crippen LogP contribution is 2.29. The zero-order chi connectivity index (χ0) is 7.49. The van der Waals surface area contributed by atoms with Gasteiger partial charge in [-0.1, -0.05) is 0 Å². The molecule has 54 valence electrons. The minimum Gasteiger partial charge on any atom is -0.369 e. The van der Waals surface area contributed by atoms with Crippen LogP contribution in [0, 0.1) is 0 Å². The fourth-order valence-electron chi connectivity index (χ4n) is 0.153. The lowest BCUT2D eigenvalue weighted by Gasteiger charge is -2.00. The standard InChI is InChI=1S/C3H4F3NOS/c4-3(5,6)9-1-2(7)8/h1H2,(H2,7,8). The highest BCUT2D eigenvalue weighted by molar-refractivity contribution is 8.00. The zero-order valence-electron chi connectivity index (χ0n) is 4.23. The molecule has 0 aliphatic rings. The van der Waals surface area contributed by atoms with Gasteiger partial charge in [-0.05, 0) is 11.8 Å². The van der Waals surface area contributed by atoms with Gasteiger partial charge < -0.3 is 5.73 Å². The van der Waals surface area contributed by atoms with Crippen molar-refractivity contribution in [1.29, 1.82) is 0 Å². The number of thioether (sulfide) groups is 1. The summed E-state index contributed by atoms with van der Waals surface area (Å²) >= 11 is -0.433. The largest absolute Gasteiger partial charge is 0.442 e. The Balaban J connectivity index is 3.39. The smallest absolute Gasteiger partial charge is 0.369 e. The number of hydrogen-bond donors (Lipinski definition) is 1. The zero-order valence-corrected chi connectivity index (χ0v) is 5.05. The number of halogens is 3. The molecule has 0 saturated heterocycles. The van der Waals surface area contributed by atoms with Gasteiger partial charge in [-0.2, -0.15) is 13.2 Å². The van der Waals surface area contributed by atoms with Crippen molar-refractivity contribution in [3.8, 4) is 0 Å². The highest BCUT2D eigenvalue weighted by Gasteiger charge is 2.28. The van der Waals surface area contributed by atoms with Crippen molar-refractivity contribution in [1.82, 2.24) is 0 Å². The number of hydrogen-bond acceptors (Lipinski definition) is 2. The van der Waals surface area contributed by atoms with Crippen LogP contribution in [0.2, 0.25) is 0 Å². The lowest BCUT2D eigenvalue weighted by Crippen LogP contribution is -2.16. The molecule has 0 rings (SSSR count). The third-order valence-corrected chi connectivity index (χ3v) is 1.13. The van der Waals surface area contributed by atoms with Gasteiger partial charge in [-0.15, -0.1) is 0 Å². The van der Waals surface area contributed by atoms with E-state index in [9.17, 15) is 18.0 Å². The van der Waals surface area contributed by atoms with E-state index in [4.69, 9.17) is 0 Å². The third-order valence-electron chi connectivity index (χ3n) is 0.378. The highest BCUT2D eigenvalue weighted by atomic mass is 32.2. The van der Waals surface area contributed by atoms with Gasteiger partial charge in [-0.25, -0.2) is 0 Å². The number of primary amides is 1. The van der Waals surface area contributed by atoms with E-state index in [0.29, 0.717) is 0 Å². The summed E-state index contributed by atoms with van der Waals surface area (Å²) in [5.41, 5.74) is 0.0877. The van der Waals surface area contributed by atoms with Crippen LogP contribution >= 0.6 is 11.8 Å². The SMILES string of the molecule is NC(=O)CSC(F)(F)F. The van der Waals surface area contributed by atoms with Gasteiger partial charge in [0, 0.05) is 0 Å². The predicted molar refractivity (Wildman–Crippen MR) is 27.7 cm³/mol. The van der Waals surface area contributed by atoms with Crippen LogP contribution in [0.1, 0.15) is 0 Å². The van der Waals surface area contributed by atoms with Crippen LogP contribution < -0.4 is 5.73 Å². The van der Waals surface area contributed by atoms with E-state index in [-0.39, 0.29) is 0 Å². The average molecular weight is 159 g/mol. The van der Waals surface area contributed by atoms with Crippen LogP contribution in [0.5, 0.6) is 0 Å². The summed E-state index contributed by atoms with van der Waals surface area (Å²) in [7, 11) is 0. The van der Waals surface area contributed by atoms with Gasteiger partial charge in [0.05, 0.1) is 5.75 Å². The molecule has 0 heterocycles. The number of carbonyl (C=O) groups excluding carboxylic acids is 1. The Bertz CT molecular complexity index is 112. The molecule has 0 aromatic heterocycles. The first-order chi connectivity index (χ1) is 3.92. The first kappa shape index (κ1) is 8.61. The van der Waals surface area contributed by atoms with Crippen molar-refractivity contribution >= 4 is 17.7 Å². The van der Waals surface area contributed by atoms with Crippen LogP contribution in [0.15, 0.2) is 0 Å². The third kappa shape index (κ3) is 7.61. The second-order valence-electron chi connectivity index (χ2n) is 1.20. The lowest BCUT2D eigenvalue weighted by molar-refractivity contribution is -0.115. The monoisotopic (exact) mass is 159 g/mol. The van der Waals surface area contributed by atoms with Crippen molar-refractivity contribution in [2.75, 3.05) is 5.75 Å². The number of rotatable bonds is 2. The maximum Gasteiger partial charge on any atom is 0.442 e. The van der Waals surface area contributed by atoms with Crippen LogP contribution in [0.4, 0.5) is 13.2 Å². The normalized spacial score (nSPS) is 11.4. The first-order valence-electron chi connectivity index (χ1n) is 1.91. The molecular weight excluding hydrogens is 155 g/mol. The Morgan fingerprint density at radius 3 is 2.11 bits per heavy atom. The maximum absolute atomic E-state index is 11.2. The van der Waals surface area contributed by atoms with Crippen molar-refractivity contribution in [2.24, 2.45) is 5.73 Å². The molecule has 0 spiro atoms. The Kier molecular flexibility index (Phi) is 2.83. The van der Waals surface area contributed by atoms with Gasteiger partial charge in [0.25, 0.3) is 0 Å². The maximum atomic E-state index is 11.2. The summed E-state index contributed by atoms with van der Waals surface area (Å²) in [5, 5.41) is 0. The molecule has 0 bridgehead atoms. The van der Waals surface area contributed by atoms with E-state index >= 15 is 0 Å². The van der Waals surface area contributed by atoms with Crippen molar-refractivity contribution in [3.05, 3.63) is 0 Å². The summed E-state index contributed by atoms with van der Waals surface area (Å²) in [4.78, 5) is 9.75. The van der Waals surface area contributed by atoms with Crippen LogP contribution in [-0.2, 0) is 4.79 Å². The Labute approximate surface area is 53.6 Å². The minimum atomic E-state index is -4.35. The Morgan fingerprint density at radius 1 is 1.56 bits per heavy atom. The second-order valence-corrected chi connectivity index (χ2v) is 2.24. The molecule has 0 fully saturated rings. The van der Waals surface area contributed by atoms with E-state index in [2.05, 4.69) is 5.73 Å². The van der Waals surface area contributed by atoms with Crippen molar-refractivity contribution in [2.45, 2.75) is 5.51 Å². The number of carbonyl (C=O) groups is 1. The number of nitrogens with two attached hydrogens (primary N) is 1. The van der Waals surface area contributed by atoms with E-state index < -0.39 is 28.9 Å². The quantitative estimate of drug-likeness (QED) is 0.645. The van der Waals surface area contributed by atoms with E-state index in [1.165, 1.54) is 0 Å². The Hall–Kier alpha value is -0.390. The molecule has 0 unspecified atom stereocenters. The molecule has 6 heteroatoms. The molecule has 0 aromatic rings. The molecule has 0 radical (unpaired) electrons. The fraction of sp³-hybridized carbons (Fsp3) is 0.667. The average Bonchev–Trinajstić information content (AvgIpc) is 1.59. The number of alkyl halides is 3. The molecule has 0 atom stereocenters. The van der Waals surface area contributed by atoms with Gasteiger partial charge >= 0.3 is 5.51 Å². The van der Waals surface area contributed by atoms with Gasteiger partial charge in [-0.3, -0.25) is 4.79 Å². The van der Waals surface area contributed by atoms with Crippen LogP contribution in [0.25, 0.3) is 0 Å². The fourth-order valence-corrected chi connectivity index (χ4v) is 0.459. The summed E-state index contributed by atoms with van der Waals surface area (Å²) < 4.78 is 33.5. The topological polar surface area (TPSA) is 43.1 Å². The molecule has 0 aliphatic heterocycles. The van der Waals surface area contributed by atoms with Gasteiger partial charge in [0.15, 0.2) is 0 Å². The van der Waals surface area contributed by atoms with E-state index in [0.717, 1.165) is 0 Å². The molecule has 0 aromatic carbocycles. The molecule has 2 N–H and O–H groups in total. The molecular formula is C3H4F3NOS. The molecule has 0 aliphatic carbocycles. The summed E-state index contributed by atoms with van der Waals surface area (Å²) in [6.07, 6.45) is 0. The van der Waals surface area contributed by atoms with E-state index in [1.54, 1.807) is 0 Å². The summed E-state index contributed by atoms with van der Waals surface area (Å²) in [5.74, 6) is -1.67. The van der Waals surface area contributed by atoms with Crippen LogP contribution in [0.3, 0.4) is 0 Å². The van der Waals surface area contributed by atoms with Crippen molar-refractivity contribution < 1.29 is 18.0 Å². The first-order valence-corrected chi connectivity index (χ1v) is 2.89. The van der Waals surface area contributed by atoms with Crippen molar-refractivity contribution in [3.63, 3.8) is 0 Å². The second kappa shape index (κ2) is 2.95. The number of amides is 1. The summed E-state index contributed by atoms with van der Waals surface area (Å²) in [6.45, 7) is 0. The predicted octanol–water partition coefficient (Wildman–Crippen LogP) is 0.725. The van der Waals surface area contributed by atoms with Gasteiger partial charge in [0.2, 0.25) is 5.91 Å². The molecule has 9 heavy (non-hydrogen) atoms. The summed E-state index contributed by atoms with van der Waals surface area (Å²) in [6, 6.07) is 0. The molecule has 0 saturated carbocycles. The van der Waals surface area contributed by atoms with E-state index in [1.807, 2.05) is 0 Å². The molecule has 1 amide bonds.